The van der Waals surface area contributed by atoms with E-state index >= 15 is 0 Å². The number of rotatable bonds is 3. The highest BCUT2D eigenvalue weighted by Gasteiger charge is 2.49. The van der Waals surface area contributed by atoms with Crippen molar-refractivity contribution in [1.29, 1.82) is 0 Å². The Hall–Kier alpha value is -1.39. The summed E-state index contributed by atoms with van der Waals surface area (Å²) >= 11 is 0. The minimum Gasteiger partial charge on any atom is -0.465 e. The molecule has 1 aromatic rings. The molecule has 4 heteroatoms. The fraction of sp³-hybridized carbons (Fsp3) is 0.533. The topological polar surface area (TPSA) is 38.8 Å². The minimum atomic E-state index is -0.275. The highest BCUT2D eigenvalue weighted by Crippen LogP contribution is 2.51. The normalized spacial score (nSPS) is 21.9. The number of benzene rings is 1. The Morgan fingerprint density at radius 3 is 2.37 bits per heavy atom. The molecule has 0 unspecified atom stereocenters. The average molecular weight is 261 g/mol. The number of esters is 1. The van der Waals surface area contributed by atoms with Crippen molar-refractivity contribution in [3.8, 4) is 0 Å². The Labute approximate surface area is 113 Å². The van der Waals surface area contributed by atoms with Crippen molar-refractivity contribution < 1.29 is 14.3 Å². The Kier molecular flexibility index (Phi) is 3.29. The SMILES string of the molecule is COC(=O)c1ccc(C2(N3CCOCC3)CC2)cc1. The Balaban J connectivity index is 1.79. The van der Waals surface area contributed by atoms with Gasteiger partial charge in [-0.25, -0.2) is 4.79 Å². The van der Waals surface area contributed by atoms with Gasteiger partial charge in [0.05, 0.1) is 25.9 Å². The average Bonchev–Trinajstić information content (AvgIpc) is 3.29. The molecule has 0 aromatic heterocycles. The van der Waals surface area contributed by atoms with Crippen molar-refractivity contribution in [3.63, 3.8) is 0 Å². The van der Waals surface area contributed by atoms with Gasteiger partial charge in [-0.3, -0.25) is 4.90 Å². The lowest BCUT2D eigenvalue weighted by molar-refractivity contribution is 0.00835. The summed E-state index contributed by atoms with van der Waals surface area (Å²) in [6.45, 7) is 3.64. The summed E-state index contributed by atoms with van der Waals surface area (Å²) in [6, 6.07) is 7.85. The van der Waals surface area contributed by atoms with E-state index in [-0.39, 0.29) is 11.5 Å². The Morgan fingerprint density at radius 2 is 1.84 bits per heavy atom. The zero-order valence-electron chi connectivity index (χ0n) is 11.2. The maximum Gasteiger partial charge on any atom is 0.337 e. The predicted octanol–water partition coefficient (Wildman–Crippen LogP) is 1.79. The van der Waals surface area contributed by atoms with Crippen LogP contribution in [0.1, 0.15) is 28.8 Å². The summed E-state index contributed by atoms with van der Waals surface area (Å²) in [6.07, 6.45) is 2.40. The first kappa shape index (κ1) is 12.6. The van der Waals surface area contributed by atoms with Crippen molar-refractivity contribution in [3.05, 3.63) is 35.4 Å². The smallest absolute Gasteiger partial charge is 0.337 e. The molecule has 0 N–H and O–H groups in total. The molecular formula is C15H19NO3. The molecule has 19 heavy (non-hydrogen) atoms. The lowest BCUT2D eigenvalue weighted by Gasteiger charge is -2.35. The van der Waals surface area contributed by atoms with E-state index in [1.54, 1.807) is 0 Å². The molecule has 0 spiro atoms. The zero-order valence-corrected chi connectivity index (χ0v) is 11.2. The van der Waals surface area contributed by atoms with Crippen LogP contribution in [0.5, 0.6) is 0 Å². The first-order valence-corrected chi connectivity index (χ1v) is 6.78. The van der Waals surface area contributed by atoms with Crippen LogP contribution >= 0.6 is 0 Å². The molecular weight excluding hydrogens is 242 g/mol. The van der Waals surface area contributed by atoms with E-state index in [4.69, 9.17) is 9.47 Å². The van der Waals surface area contributed by atoms with Crippen LogP contribution in [0, 0.1) is 0 Å². The summed E-state index contributed by atoms with van der Waals surface area (Å²) in [4.78, 5) is 14.0. The van der Waals surface area contributed by atoms with E-state index in [0.717, 1.165) is 26.3 Å². The first-order chi connectivity index (χ1) is 9.26. The summed E-state index contributed by atoms with van der Waals surface area (Å²) in [7, 11) is 1.41. The maximum absolute atomic E-state index is 11.4. The van der Waals surface area contributed by atoms with Gasteiger partial charge < -0.3 is 9.47 Å². The molecule has 1 aliphatic carbocycles. The number of carbonyl (C=O) groups is 1. The van der Waals surface area contributed by atoms with Gasteiger partial charge in [-0.15, -0.1) is 0 Å². The third kappa shape index (κ3) is 2.26. The van der Waals surface area contributed by atoms with E-state index in [1.807, 2.05) is 12.1 Å². The number of nitrogens with zero attached hydrogens (tertiary/aromatic N) is 1. The first-order valence-electron chi connectivity index (χ1n) is 6.78. The third-order valence-corrected chi connectivity index (χ3v) is 4.18. The second-order valence-corrected chi connectivity index (χ2v) is 5.20. The van der Waals surface area contributed by atoms with Gasteiger partial charge in [-0.1, -0.05) is 12.1 Å². The lowest BCUT2D eigenvalue weighted by atomic mass is 10.0. The highest BCUT2D eigenvalue weighted by atomic mass is 16.5. The molecule has 2 fully saturated rings. The van der Waals surface area contributed by atoms with Crippen molar-refractivity contribution in [2.45, 2.75) is 18.4 Å². The molecule has 1 aliphatic heterocycles. The minimum absolute atomic E-state index is 0.193. The van der Waals surface area contributed by atoms with Crippen molar-refractivity contribution in [2.24, 2.45) is 0 Å². The zero-order chi connectivity index (χ0) is 13.3. The predicted molar refractivity (Wildman–Crippen MR) is 71.1 cm³/mol. The van der Waals surface area contributed by atoms with E-state index < -0.39 is 0 Å². The molecule has 1 saturated carbocycles. The van der Waals surface area contributed by atoms with Gasteiger partial charge in [0.2, 0.25) is 0 Å². The molecule has 0 radical (unpaired) electrons. The molecule has 102 valence electrons. The van der Waals surface area contributed by atoms with Gasteiger partial charge in [-0.05, 0) is 30.5 Å². The van der Waals surface area contributed by atoms with Crippen LogP contribution in [0.3, 0.4) is 0 Å². The van der Waals surface area contributed by atoms with Crippen LogP contribution in [0.2, 0.25) is 0 Å². The van der Waals surface area contributed by atoms with Crippen molar-refractivity contribution in [2.75, 3.05) is 33.4 Å². The largest absolute Gasteiger partial charge is 0.465 e. The third-order valence-electron chi connectivity index (χ3n) is 4.18. The van der Waals surface area contributed by atoms with Crippen LogP contribution in [0.25, 0.3) is 0 Å². The molecule has 1 saturated heterocycles. The molecule has 0 amide bonds. The Bertz CT molecular complexity index is 459. The fourth-order valence-corrected chi connectivity index (χ4v) is 2.93. The van der Waals surface area contributed by atoms with Gasteiger partial charge in [0, 0.05) is 18.6 Å². The van der Waals surface area contributed by atoms with E-state index in [9.17, 15) is 4.79 Å². The van der Waals surface area contributed by atoms with Gasteiger partial charge in [-0.2, -0.15) is 0 Å². The highest BCUT2D eigenvalue weighted by molar-refractivity contribution is 5.89. The quantitative estimate of drug-likeness (QED) is 0.778. The summed E-state index contributed by atoms with van der Waals surface area (Å²) in [5, 5.41) is 0. The lowest BCUT2D eigenvalue weighted by Crippen LogP contribution is -2.43. The second kappa shape index (κ2) is 4.94. The van der Waals surface area contributed by atoms with Crippen LogP contribution in [-0.2, 0) is 15.0 Å². The van der Waals surface area contributed by atoms with Gasteiger partial charge in [0.25, 0.3) is 0 Å². The summed E-state index contributed by atoms with van der Waals surface area (Å²) in [5.41, 5.74) is 2.12. The second-order valence-electron chi connectivity index (χ2n) is 5.20. The molecule has 2 aliphatic rings. The van der Waals surface area contributed by atoms with Crippen LogP contribution in [0.4, 0.5) is 0 Å². The number of hydrogen-bond acceptors (Lipinski definition) is 4. The van der Waals surface area contributed by atoms with E-state index in [2.05, 4.69) is 17.0 Å². The van der Waals surface area contributed by atoms with Crippen molar-refractivity contribution in [1.82, 2.24) is 4.90 Å². The molecule has 1 aromatic carbocycles. The number of ether oxygens (including phenoxy) is 2. The van der Waals surface area contributed by atoms with E-state index in [1.165, 1.54) is 25.5 Å². The van der Waals surface area contributed by atoms with Crippen LogP contribution in [0.15, 0.2) is 24.3 Å². The number of carbonyl (C=O) groups excluding carboxylic acids is 1. The van der Waals surface area contributed by atoms with Crippen molar-refractivity contribution >= 4 is 5.97 Å². The van der Waals surface area contributed by atoms with Crippen LogP contribution < -0.4 is 0 Å². The molecule has 4 nitrogen and oxygen atoms in total. The number of hydrogen-bond donors (Lipinski definition) is 0. The maximum atomic E-state index is 11.4. The van der Waals surface area contributed by atoms with E-state index in [0.29, 0.717) is 5.56 Å². The molecule has 0 bridgehead atoms. The van der Waals surface area contributed by atoms with Crippen LogP contribution in [-0.4, -0.2) is 44.3 Å². The number of methoxy groups -OCH3 is 1. The number of morpholine rings is 1. The van der Waals surface area contributed by atoms with Gasteiger partial charge >= 0.3 is 5.97 Å². The summed E-state index contributed by atoms with van der Waals surface area (Å²) < 4.78 is 10.1. The van der Waals surface area contributed by atoms with Gasteiger partial charge in [0.1, 0.15) is 0 Å². The Morgan fingerprint density at radius 1 is 1.21 bits per heavy atom. The standard InChI is InChI=1S/C15H19NO3/c1-18-14(17)12-2-4-13(5-3-12)15(6-7-15)16-8-10-19-11-9-16/h2-5H,6-11H2,1H3. The molecule has 0 atom stereocenters. The molecule has 3 rings (SSSR count). The fourth-order valence-electron chi connectivity index (χ4n) is 2.93. The molecule has 1 heterocycles. The summed E-state index contributed by atoms with van der Waals surface area (Å²) in [5.74, 6) is -0.275. The van der Waals surface area contributed by atoms with Gasteiger partial charge in [0.15, 0.2) is 0 Å². The monoisotopic (exact) mass is 261 g/mol.